The van der Waals surface area contributed by atoms with E-state index in [4.69, 9.17) is 23.3 Å². The highest BCUT2D eigenvalue weighted by Gasteiger charge is 2.28. The molecule has 0 aliphatic heterocycles. The highest BCUT2D eigenvalue weighted by Crippen LogP contribution is 2.43. The first-order valence-corrected chi connectivity index (χ1v) is 28.7. The second kappa shape index (κ2) is 50.6. The summed E-state index contributed by atoms with van der Waals surface area (Å²) in [5.41, 5.74) is 0. The summed E-state index contributed by atoms with van der Waals surface area (Å²) in [4.78, 5) is 48.4. The van der Waals surface area contributed by atoms with Gasteiger partial charge in [-0.25, -0.2) is 4.57 Å². The number of aliphatic hydroxyl groups excluding tert-OH is 1. The Labute approximate surface area is 415 Å². The van der Waals surface area contributed by atoms with E-state index < -0.39 is 57.8 Å². The average molecular weight is 979 g/mol. The van der Waals surface area contributed by atoms with Gasteiger partial charge in [-0.2, -0.15) is 0 Å². The fraction of sp³-hybridized carbons (Fsp3) is 0.768. The largest absolute Gasteiger partial charge is 0.472 e. The van der Waals surface area contributed by atoms with E-state index in [1.54, 1.807) is 0 Å². The van der Waals surface area contributed by atoms with Crippen LogP contribution in [0.3, 0.4) is 0 Å². The molecule has 394 valence electrons. The van der Waals surface area contributed by atoms with Crippen molar-refractivity contribution in [2.45, 2.75) is 251 Å². The van der Waals surface area contributed by atoms with Crippen molar-refractivity contribution in [1.82, 2.24) is 0 Å². The van der Waals surface area contributed by atoms with Crippen molar-refractivity contribution in [1.29, 1.82) is 0 Å². The van der Waals surface area contributed by atoms with Gasteiger partial charge in [-0.3, -0.25) is 23.4 Å². The van der Waals surface area contributed by atoms with E-state index in [0.29, 0.717) is 19.3 Å². The SMILES string of the molecule is CCC/C=C\C/C=C\CCCCCCCC(=O)OCC(COP(=O)(O)OCC(CO)OC(=O)CCCCCCC/C=C\CCCC)OC(=O)CCCCCCCCC/C=C\C/C=C\CCCCC. The lowest BCUT2D eigenvalue weighted by Crippen LogP contribution is -2.30. The van der Waals surface area contributed by atoms with E-state index >= 15 is 0 Å². The molecule has 0 saturated carbocycles. The molecule has 3 unspecified atom stereocenters. The minimum absolute atomic E-state index is 0.154. The maximum atomic E-state index is 12.9. The molecule has 0 spiro atoms. The molecule has 11 nitrogen and oxygen atoms in total. The molecule has 0 aromatic carbocycles. The van der Waals surface area contributed by atoms with Gasteiger partial charge in [-0.1, -0.05) is 184 Å². The van der Waals surface area contributed by atoms with Crippen LogP contribution in [0, 0.1) is 0 Å². The zero-order valence-electron chi connectivity index (χ0n) is 43.3. The Bertz CT molecular complexity index is 1370. The summed E-state index contributed by atoms with van der Waals surface area (Å²) in [5, 5.41) is 9.77. The Kier molecular flexibility index (Phi) is 48.5. The fourth-order valence-corrected chi connectivity index (χ4v) is 7.95. The Morgan fingerprint density at radius 2 is 0.765 bits per heavy atom. The lowest BCUT2D eigenvalue weighted by Gasteiger charge is -2.21. The number of hydrogen-bond donors (Lipinski definition) is 2. The smallest absolute Gasteiger partial charge is 0.462 e. The molecule has 12 heteroatoms. The summed E-state index contributed by atoms with van der Waals surface area (Å²) in [6, 6.07) is 0. The first-order chi connectivity index (χ1) is 33.2. The summed E-state index contributed by atoms with van der Waals surface area (Å²) in [6.07, 6.45) is 53.2. The molecule has 0 fully saturated rings. The predicted octanol–water partition coefficient (Wildman–Crippen LogP) is 15.6. The van der Waals surface area contributed by atoms with Crippen LogP contribution in [0.25, 0.3) is 0 Å². The Morgan fingerprint density at radius 1 is 0.412 bits per heavy atom. The number of carbonyl (C=O) groups excluding carboxylic acids is 3. The number of unbranched alkanes of at least 4 members (excludes halogenated alkanes) is 23. The molecule has 0 bridgehead atoms. The monoisotopic (exact) mass is 979 g/mol. The molecule has 0 heterocycles. The van der Waals surface area contributed by atoms with Gasteiger partial charge in [0.05, 0.1) is 19.8 Å². The zero-order valence-corrected chi connectivity index (χ0v) is 44.2. The van der Waals surface area contributed by atoms with Gasteiger partial charge in [-0.05, 0) is 96.3 Å². The summed E-state index contributed by atoms with van der Waals surface area (Å²) < 4.78 is 39.4. The first kappa shape index (κ1) is 65.2. The van der Waals surface area contributed by atoms with E-state index in [2.05, 4.69) is 81.5 Å². The third kappa shape index (κ3) is 48.2. The summed E-state index contributed by atoms with van der Waals surface area (Å²) in [7, 11) is -4.75. The van der Waals surface area contributed by atoms with Crippen LogP contribution < -0.4 is 0 Å². The fourth-order valence-electron chi connectivity index (χ4n) is 7.17. The first-order valence-electron chi connectivity index (χ1n) is 27.2. The molecule has 0 aliphatic carbocycles. The number of hydrogen-bond acceptors (Lipinski definition) is 10. The second-order valence-corrected chi connectivity index (χ2v) is 19.5. The number of ether oxygens (including phenoxy) is 3. The van der Waals surface area contributed by atoms with Crippen molar-refractivity contribution in [3.05, 3.63) is 60.8 Å². The number of aliphatic hydroxyl groups is 1. The van der Waals surface area contributed by atoms with Crippen LogP contribution in [0.15, 0.2) is 60.8 Å². The van der Waals surface area contributed by atoms with Crippen LogP contribution in [-0.2, 0) is 42.2 Å². The Balaban J connectivity index is 4.77. The normalized spacial score (nSPS) is 13.9. The van der Waals surface area contributed by atoms with Crippen molar-refractivity contribution in [3.63, 3.8) is 0 Å². The van der Waals surface area contributed by atoms with Crippen LogP contribution in [0.4, 0.5) is 0 Å². The van der Waals surface area contributed by atoms with E-state index in [0.717, 1.165) is 122 Å². The van der Waals surface area contributed by atoms with Gasteiger partial charge in [0.25, 0.3) is 0 Å². The van der Waals surface area contributed by atoms with E-state index in [1.807, 2.05) is 0 Å². The second-order valence-electron chi connectivity index (χ2n) is 18.0. The summed E-state index contributed by atoms with van der Waals surface area (Å²) in [5.74, 6) is -1.50. The molecule has 0 radical (unpaired) electrons. The quantitative estimate of drug-likeness (QED) is 0.0197. The van der Waals surface area contributed by atoms with Crippen molar-refractivity contribution in [3.8, 4) is 0 Å². The lowest BCUT2D eigenvalue weighted by atomic mass is 10.1. The van der Waals surface area contributed by atoms with Gasteiger partial charge < -0.3 is 24.2 Å². The number of allylic oxidation sites excluding steroid dienone is 10. The van der Waals surface area contributed by atoms with E-state index in [1.165, 1.54) is 57.8 Å². The standard InChI is InChI=1S/C56H99O11P/c1-4-7-10-13-16-19-22-24-25-26-27-29-32-35-38-41-44-47-56(60)67-53(49-63-54(58)45-42-39-36-33-31-28-23-20-17-14-11-8-5-2)51-65-68(61,62)64-50-52(48-57)66-55(59)46-43-40-37-34-30-21-18-15-12-9-6-3/h11,14-16,18-20,23-25,52-53,57H,4-10,12-13,17,21-22,26-51H2,1-3H3,(H,61,62)/b14-11-,18-15-,19-16-,23-20-,25-24-. The van der Waals surface area contributed by atoms with Gasteiger partial charge in [-0.15, -0.1) is 0 Å². The molecule has 0 rings (SSSR count). The van der Waals surface area contributed by atoms with E-state index in [-0.39, 0.29) is 25.9 Å². The average Bonchev–Trinajstić information content (AvgIpc) is 3.32. The molecule has 0 aromatic heterocycles. The van der Waals surface area contributed by atoms with Crippen molar-refractivity contribution in [2.24, 2.45) is 0 Å². The molecular weight excluding hydrogens is 880 g/mol. The molecule has 0 amide bonds. The predicted molar refractivity (Wildman–Crippen MR) is 279 cm³/mol. The number of phosphoric ester groups is 1. The van der Waals surface area contributed by atoms with Gasteiger partial charge in [0.1, 0.15) is 12.7 Å². The number of phosphoric acid groups is 1. The summed E-state index contributed by atoms with van der Waals surface area (Å²) >= 11 is 0. The van der Waals surface area contributed by atoms with Gasteiger partial charge in [0, 0.05) is 19.3 Å². The maximum Gasteiger partial charge on any atom is 0.472 e. The van der Waals surface area contributed by atoms with Crippen LogP contribution >= 0.6 is 7.82 Å². The highest BCUT2D eigenvalue weighted by atomic mass is 31.2. The molecule has 68 heavy (non-hydrogen) atoms. The van der Waals surface area contributed by atoms with Crippen LogP contribution in [0.1, 0.15) is 239 Å². The topological polar surface area (TPSA) is 155 Å². The Morgan fingerprint density at radius 3 is 1.21 bits per heavy atom. The molecule has 2 N–H and O–H groups in total. The summed E-state index contributed by atoms with van der Waals surface area (Å²) in [6.45, 7) is 4.48. The van der Waals surface area contributed by atoms with Crippen LogP contribution in [0.5, 0.6) is 0 Å². The van der Waals surface area contributed by atoms with Crippen LogP contribution in [-0.4, -0.2) is 66.5 Å². The van der Waals surface area contributed by atoms with Crippen molar-refractivity contribution in [2.75, 3.05) is 26.4 Å². The lowest BCUT2D eigenvalue weighted by molar-refractivity contribution is -0.161. The van der Waals surface area contributed by atoms with Crippen molar-refractivity contribution < 1.29 is 52.2 Å². The van der Waals surface area contributed by atoms with Gasteiger partial charge >= 0.3 is 25.7 Å². The molecule has 3 atom stereocenters. The van der Waals surface area contributed by atoms with E-state index in [9.17, 15) is 28.9 Å². The third-order valence-electron chi connectivity index (χ3n) is 11.4. The number of carbonyl (C=O) groups is 3. The number of esters is 3. The zero-order chi connectivity index (χ0) is 49.9. The molecule has 0 saturated heterocycles. The van der Waals surface area contributed by atoms with Gasteiger partial charge in [0.15, 0.2) is 6.10 Å². The third-order valence-corrected chi connectivity index (χ3v) is 12.3. The highest BCUT2D eigenvalue weighted by molar-refractivity contribution is 7.47. The molecule has 0 aromatic rings. The van der Waals surface area contributed by atoms with Crippen LogP contribution in [0.2, 0.25) is 0 Å². The molecular formula is C56H99O11P. The maximum absolute atomic E-state index is 12.9. The van der Waals surface area contributed by atoms with Crippen molar-refractivity contribution >= 4 is 25.7 Å². The van der Waals surface area contributed by atoms with Gasteiger partial charge in [0.2, 0.25) is 0 Å². The Hall–Kier alpha value is -2.82. The minimum Gasteiger partial charge on any atom is -0.462 e. The number of rotatable bonds is 50. The minimum atomic E-state index is -4.75. The molecule has 0 aliphatic rings.